The van der Waals surface area contributed by atoms with Gasteiger partial charge >= 0.3 is 5.97 Å². The Hall–Kier alpha value is -3.06. The summed E-state index contributed by atoms with van der Waals surface area (Å²) in [6.45, 7) is 0. The third-order valence-electron chi connectivity index (χ3n) is 3.79. The second-order valence-corrected chi connectivity index (χ2v) is 6.54. The topological polar surface area (TPSA) is 57.6 Å². The maximum Gasteiger partial charge on any atom is 0.348 e. The quantitative estimate of drug-likeness (QED) is 0.723. The fourth-order valence-electron chi connectivity index (χ4n) is 2.48. The molecule has 0 radical (unpaired) electrons. The summed E-state index contributed by atoms with van der Waals surface area (Å²) in [5, 5.41) is 9.47. The van der Waals surface area contributed by atoms with E-state index < -0.39 is 23.5 Å². The van der Waals surface area contributed by atoms with Gasteiger partial charge in [-0.3, -0.25) is 4.79 Å². The minimum atomic E-state index is -1.19. The van der Waals surface area contributed by atoms with Gasteiger partial charge in [-0.1, -0.05) is 30.3 Å². The number of rotatable bonds is 4. The van der Waals surface area contributed by atoms with E-state index in [0.29, 0.717) is 10.9 Å². The number of aromatic carboxylic acids is 1. The SMILES string of the molecule is CN(C(=O)c1ccc(F)cc1F)c1cc(-c2ccccc2)sc1C(=O)O. The van der Waals surface area contributed by atoms with Gasteiger partial charge in [-0.15, -0.1) is 11.3 Å². The normalized spacial score (nSPS) is 10.6. The summed E-state index contributed by atoms with van der Waals surface area (Å²) in [5.41, 5.74) is 0.618. The molecule has 0 spiro atoms. The second-order valence-electron chi connectivity index (χ2n) is 5.48. The third-order valence-corrected chi connectivity index (χ3v) is 4.95. The molecule has 1 aromatic heterocycles. The van der Waals surface area contributed by atoms with Gasteiger partial charge < -0.3 is 10.0 Å². The molecular weight excluding hydrogens is 360 g/mol. The number of carboxylic acids is 1. The number of nitrogens with zero attached hydrogens (tertiary/aromatic N) is 1. The van der Waals surface area contributed by atoms with Crippen molar-refractivity contribution in [3.8, 4) is 10.4 Å². The zero-order valence-electron chi connectivity index (χ0n) is 13.6. The van der Waals surface area contributed by atoms with Gasteiger partial charge in [-0.05, 0) is 23.8 Å². The molecule has 3 rings (SSSR count). The lowest BCUT2D eigenvalue weighted by Crippen LogP contribution is -2.28. The largest absolute Gasteiger partial charge is 0.477 e. The maximum atomic E-state index is 13.9. The van der Waals surface area contributed by atoms with Crippen LogP contribution in [0.3, 0.4) is 0 Å². The number of hydrogen-bond acceptors (Lipinski definition) is 3. The molecule has 0 aliphatic carbocycles. The van der Waals surface area contributed by atoms with Crippen molar-refractivity contribution in [3.05, 3.63) is 76.7 Å². The number of carbonyl (C=O) groups excluding carboxylic acids is 1. The van der Waals surface area contributed by atoms with Crippen LogP contribution >= 0.6 is 11.3 Å². The number of anilines is 1. The van der Waals surface area contributed by atoms with Crippen LogP contribution in [-0.2, 0) is 0 Å². The average molecular weight is 373 g/mol. The van der Waals surface area contributed by atoms with Gasteiger partial charge in [0.15, 0.2) is 0 Å². The van der Waals surface area contributed by atoms with Crippen molar-refractivity contribution in [1.82, 2.24) is 0 Å². The Morgan fingerprint density at radius 1 is 1.04 bits per heavy atom. The standard InChI is InChI=1S/C19H13F2NO3S/c1-22(18(23)13-8-7-12(20)9-14(13)21)15-10-16(26-17(15)19(24)25)11-5-3-2-4-6-11/h2-10H,1H3,(H,24,25). The Kier molecular flexibility index (Phi) is 4.81. The van der Waals surface area contributed by atoms with E-state index in [9.17, 15) is 23.5 Å². The molecule has 1 heterocycles. The van der Waals surface area contributed by atoms with Crippen LogP contribution in [0.2, 0.25) is 0 Å². The van der Waals surface area contributed by atoms with Crippen molar-refractivity contribution in [2.75, 3.05) is 11.9 Å². The van der Waals surface area contributed by atoms with E-state index in [-0.39, 0.29) is 16.1 Å². The summed E-state index contributed by atoms with van der Waals surface area (Å²) in [4.78, 5) is 25.8. The lowest BCUT2D eigenvalue weighted by atomic mass is 10.1. The molecule has 1 N–H and O–H groups in total. The molecule has 26 heavy (non-hydrogen) atoms. The van der Waals surface area contributed by atoms with E-state index in [1.807, 2.05) is 30.3 Å². The minimum Gasteiger partial charge on any atom is -0.477 e. The monoisotopic (exact) mass is 373 g/mol. The molecule has 0 unspecified atom stereocenters. The highest BCUT2D eigenvalue weighted by Crippen LogP contribution is 2.37. The first-order chi connectivity index (χ1) is 12.4. The van der Waals surface area contributed by atoms with Crippen molar-refractivity contribution < 1.29 is 23.5 Å². The second kappa shape index (κ2) is 7.05. The van der Waals surface area contributed by atoms with Crippen LogP contribution in [-0.4, -0.2) is 24.0 Å². The van der Waals surface area contributed by atoms with Crippen molar-refractivity contribution >= 4 is 28.9 Å². The number of hydrogen-bond donors (Lipinski definition) is 1. The zero-order chi connectivity index (χ0) is 18.8. The number of carbonyl (C=O) groups is 2. The van der Waals surface area contributed by atoms with Gasteiger partial charge in [-0.2, -0.15) is 0 Å². The number of amides is 1. The molecule has 4 nitrogen and oxygen atoms in total. The summed E-state index contributed by atoms with van der Waals surface area (Å²) in [7, 11) is 1.36. The van der Waals surface area contributed by atoms with Gasteiger partial charge in [0, 0.05) is 18.0 Å². The number of halogens is 2. The number of benzene rings is 2. The average Bonchev–Trinajstić information content (AvgIpc) is 3.07. The van der Waals surface area contributed by atoms with E-state index in [0.717, 1.165) is 33.9 Å². The first-order valence-electron chi connectivity index (χ1n) is 7.54. The molecule has 3 aromatic rings. The number of thiophene rings is 1. The van der Waals surface area contributed by atoms with Crippen molar-refractivity contribution in [2.24, 2.45) is 0 Å². The van der Waals surface area contributed by atoms with Gasteiger partial charge in [-0.25, -0.2) is 13.6 Å². The fraction of sp³-hybridized carbons (Fsp3) is 0.0526. The Labute approximate surface area is 151 Å². The molecule has 0 aliphatic heterocycles. The molecular formula is C19H13F2NO3S. The molecule has 0 bridgehead atoms. The Morgan fingerprint density at radius 2 is 1.73 bits per heavy atom. The van der Waals surface area contributed by atoms with Crippen molar-refractivity contribution in [1.29, 1.82) is 0 Å². The first-order valence-corrected chi connectivity index (χ1v) is 8.36. The van der Waals surface area contributed by atoms with Crippen LogP contribution in [0.5, 0.6) is 0 Å². The Morgan fingerprint density at radius 3 is 2.35 bits per heavy atom. The predicted octanol–water partition coefficient (Wildman–Crippen LogP) is 4.67. The predicted molar refractivity (Wildman–Crippen MR) is 95.8 cm³/mol. The van der Waals surface area contributed by atoms with Crippen LogP contribution in [0.15, 0.2) is 54.6 Å². The van der Waals surface area contributed by atoms with Gasteiger partial charge in [0.1, 0.15) is 16.5 Å². The molecule has 7 heteroatoms. The molecule has 1 amide bonds. The van der Waals surface area contributed by atoms with Gasteiger partial charge in [0.2, 0.25) is 0 Å². The summed E-state index contributed by atoms with van der Waals surface area (Å²) in [5.74, 6) is -3.75. The lowest BCUT2D eigenvalue weighted by Gasteiger charge is -2.17. The zero-order valence-corrected chi connectivity index (χ0v) is 14.4. The highest BCUT2D eigenvalue weighted by atomic mass is 32.1. The van der Waals surface area contributed by atoms with Crippen LogP contribution in [0.4, 0.5) is 14.5 Å². The molecule has 0 atom stereocenters. The van der Waals surface area contributed by atoms with Crippen LogP contribution in [0.1, 0.15) is 20.0 Å². The summed E-state index contributed by atoms with van der Waals surface area (Å²) in [6, 6.07) is 13.3. The van der Waals surface area contributed by atoms with Crippen molar-refractivity contribution in [3.63, 3.8) is 0 Å². The Balaban J connectivity index is 2.03. The van der Waals surface area contributed by atoms with Crippen LogP contribution in [0.25, 0.3) is 10.4 Å². The molecule has 0 fully saturated rings. The van der Waals surface area contributed by atoms with Gasteiger partial charge in [0.05, 0.1) is 11.3 Å². The first kappa shape index (κ1) is 17.8. The maximum absolute atomic E-state index is 13.9. The molecule has 0 saturated carbocycles. The summed E-state index contributed by atoms with van der Waals surface area (Å²) >= 11 is 1.02. The Bertz CT molecular complexity index is 986. The van der Waals surface area contributed by atoms with E-state index in [4.69, 9.17) is 0 Å². The lowest BCUT2D eigenvalue weighted by molar-refractivity contribution is 0.0703. The van der Waals surface area contributed by atoms with Crippen LogP contribution < -0.4 is 4.90 Å². The summed E-state index contributed by atoms with van der Waals surface area (Å²) in [6.07, 6.45) is 0. The molecule has 0 saturated heterocycles. The van der Waals surface area contributed by atoms with E-state index >= 15 is 0 Å². The number of carboxylic acid groups (broad SMARTS) is 1. The van der Waals surface area contributed by atoms with Crippen molar-refractivity contribution in [2.45, 2.75) is 0 Å². The highest BCUT2D eigenvalue weighted by Gasteiger charge is 2.25. The highest BCUT2D eigenvalue weighted by molar-refractivity contribution is 7.18. The molecule has 132 valence electrons. The van der Waals surface area contributed by atoms with Gasteiger partial charge in [0.25, 0.3) is 5.91 Å². The summed E-state index contributed by atoms with van der Waals surface area (Å²) < 4.78 is 27.0. The molecule has 0 aliphatic rings. The minimum absolute atomic E-state index is 0.0396. The van der Waals surface area contributed by atoms with E-state index in [1.165, 1.54) is 7.05 Å². The molecule has 2 aromatic carbocycles. The smallest absolute Gasteiger partial charge is 0.348 e. The van der Waals surface area contributed by atoms with E-state index in [2.05, 4.69) is 0 Å². The fourth-order valence-corrected chi connectivity index (χ4v) is 3.51. The van der Waals surface area contributed by atoms with E-state index in [1.54, 1.807) is 6.07 Å². The third kappa shape index (κ3) is 3.34. The van der Waals surface area contributed by atoms with Crippen LogP contribution in [0, 0.1) is 11.6 Å².